The molecule has 7 nitrogen and oxygen atoms in total. The van der Waals surface area contributed by atoms with Gasteiger partial charge in [-0.2, -0.15) is 4.48 Å². The molecule has 0 aliphatic carbocycles. The molecule has 0 saturated carbocycles. The summed E-state index contributed by atoms with van der Waals surface area (Å²) in [4.78, 5) is 40.9. The predicted molar refractivity (Wildman–Crippen MR) is 127 cm³/mol. The minimum atomic E-state index is -1.15. The van der Waals surface area contributed by atoms with Gasteiger partial charge in [-0.15, -0.1) is 0 Å². The number of quaternary nitrogens is 1. The fourth-order valence-electron chi connectivity index (χ4n) is 4.65. The first-order chi connectivity index (χ1) is 15.8. The molecule has 1 aromatic carbocycles. The number of imide groups is 1. The molecule has 0 unspecified atom stereocenters. The first-order valence-corrected chi connectivity index (χ1v) is 12.4. The monoisotopic (exact) mass is 461 g/mol. The SMILES string of the molecule is CCCCCC[C@@H](C(=O)O)C(=O)[N@+](C)(CCC)C(=O)N1CCC[C@H]1COCc1ccccc1. The summed E-state index contributed by atoms with van der Waals surface area (Å²) in [6.45, 7) is 5.74. The van der Waals surface area contributed by atoms with Crippen LogP contribution < -0.4 is 0 Å². The minimum Gasteiger partial charge on any atom is -0.481 e. The Kier molecular flexibility index (Phi) is 11.0. The number of carbonyl (C=O) groups excluding carboxylic acids is 2. The topological polar surface area (TPSA) is 83.9 Å². The highest BCUT2D eigenvalue weighted by atomic mass is 16.5. The first-order valence-electron chi connectivity index (χ1n) is 12.4. The number of ether oxygens (including phenoxy) is 1. The largest absolute Gasteiger partial charge is 0.481 e. The molecule has 1 saturated heterocycles. The van der Waals surface area contributed by atoms with Gasteiger partial charge in [-0.3, -0.25) is 9.69 Å². The number of carboxylic acid groups (broad SMARTS) is 1. The first kappa shape index (κ1) is 27.0. The number of hydrogen-bond donors (Lipinski definition) is 1. The van der Waals surface area contributed by atoms with E-state index in [1.807, 2.05) is 37.3 Å². The van der Waals surface area contributed by atoms with Gasteiger partial charge >= 0.3 is 17.9 Å². The van der Waals surface area contributed by atoms with E-state index in [0.717, 1.165) is 37.7 Å². The summed E-state index contributed by atoms with van der Waals surface area (Å²) in [6, 6.07) is 9.48. The average Bonchev–Trinajstić information content (AvgIpc) is 3.27. The second kappa shape index (κ2) is 13.5. The lowest BCUT2D eigenvalue weighted by Crippen LogP contribution is -2.63. The van der Waals surface area contributed by atoms with Gasteiger partial charge in [-0.1, -0.05) is 69.9 Å². The Morgan fingerprint density at radius 2 is 1.85 bits per heavy atom. The quantitative estimate of drug-likeness (QED) is 0.258. The summed E-state index contributed by atoms with van der Waals surface area (Å²) in [6.07, 6.45) is 6.19. The molecule has 1 N–H and O–H groups in total. The smallest absolute Gasteiger partial charge is 0.426 e. The summed E-state index contributed by atoms with van der Waals surface area (Å²) in [5, 5.41) is 9.78. The second-order valence-electron chi connectivity index (χ2n) is 9.27. The average molecular weight is 462 g/mol. The third-order valence-corrected chi connectivity index (χ3v) is 6.57. The summed E-state index contributed by atoms with van der Waals surface area (Å²) in [7, 11) is 1.59. The number of hydrogen-bond acceptors (Lipinski definition) is 4. The Hall–Kier alpha value is -2.25. The maximum Gasteiger partial charge on any atom is 0.426 e. The molecule has 7 heteroatoms. The van der Waals surface area contributed by atoms with Crippen LogP contribution in [0.5, 0.6) is 0 Å². The Bertz CT molecular complexity index is 769. The number of urea groups is 1. The van der Waals surface area contributed by atoms with Gasteiger partial charge in [0.2, 0.25) is 0 Å². The maximum atomic E-state index is 13.7. The zero-order chi connectivity index (χ0) is 24.3. The lowest BCUT2D eigenvalue weighted by Gasteiger charge is -2.35. The van der Waals surface area contributed by atoms with E-state index in [1.54, 1.807) is 11.9 Å². The van der Waals surface area contributed by atoms with Crippen molar-refractivity contribution >= 4 is 17.9 Å². The lowest BCUT2D eigenvalue weighted by atomic mass is 9.98. The number of likely N-dealkylation sites (tertiary alicyclic amines) is 1. The van der Waals surface area contributed by atoms with Crippen LogP contribution in [0.15, 0.2) is 30.3 Å². The van der Waals surface area contributed by atoms with Gasteiger partial charge in [-0.25, -0.2) is 9.59 Å². The summed E-state index contributed by atoms with van der Waals surface area (Å²) >= 11 is 0. The fourth-order valence-corrected chi connectivity index (χ4v) is 4.65. The Morgan fingerprint density at radius 1 is 1.12 bits per heavy atom. The van der Waals surface area contributed by atoms with Gasteiger partial charge in [-0.05, 0) is 31.2 Å². The van der Waals surface area contributed by atoms with Gasteiger partial charge in [0.1, 0.15) is 0 Å². The highest BCUT2D eigenvalue weighted by molar-refractivity contribution is 5.97. The number of benzene rings is 1. The van der Waals surface area contributed by atoms with Crippen molar-refractivity contribution in [1.82, 2.24) is 4.90 Å². The molecule has 1 fully saturated rings. The molecule has 2 rings (SSSR count). The second-order valence-corrected chi connectivity index (χ2v) is 9.27. The normalized spacial score (nSPS) is 18.6. The number of nitrogens with zero attached hydrogens (tertiary/aromatic N) is 2. The number of aliphatic carboxylic acids is 1. The van der Waals surface area contributed by atoms with Crippen LogP contribution >= 0.6 is 0 Å². The van der Waals surface area contributed by atoms with Gasteiger partial charge in [0.25, 0.3) is 0 Å². The van der Waals surface area contributed by atoms with E-state index < -0.39 is 22.3 Å². The van der Waals surface area contributed by atoms with E-state index in [2.05, 4.69) is 6.92 Å². The van der Waals surface area contributed by atoms with Gasteiger partial charge in [0.15, 0.2) is 5.92 Å². The zero-order valence-electron chi connectivity index (χ0n) is 20.5. The molecule has 1 aliphatic rings. The van der Waals surface area contributed by atoms with E-state index in [0.29, 0.717) is 39.1 Å². The highest BCUT2D eigenvalue weighted by Crippen LogP contribution is 2.26. The number of rotatable bonds is 13. The number of amides is 3. The van der Waals surface area contributed by atoms with Crippen molar-refractivity contribution in [3.05, 3.63) is 35.9 Å². The Labute approximate surface area is 198 Å². The van der Waals surface area contributed by atoms with Crippen LogP contribution in [0.1, 0.15) is 70.8 Å². The predicted octanol–water partition coefficient (Wildman–Crippen LogP) is 4.84. The molecule has 3 amide bonds. The summed E-state index contributed by atoms with van der Waals surface area (Å²) in [5.41, 5.74) is 1.07. The van der Waals surface area contributed by atoms with Gasteiger partial charge in [0, 0.05) is 6.54 Å². The molecule has 1 aliphatic heterocycles. The van der Waals surface area contributed by atoms with Crippen LogP contribution in [-0.2, 0) is 20.9 Å². The van der Waals surface area contributed by atoms with Crippen molar-refractivity contribution in [2.24, 2.45) is 5.92 Å². The molecule has 0 aromatic heterocycles. The molecular formula is C26H41N2O5+. The maximum absolute atomic E-state index is 13.7. The molecule has 0 spiro atoms. The van der Waals surface area contributed by atoms with Crippen molar-refractivity contribution in [2.75, 3.05) is 26.7 Å². The zero-order valence-corrected chi connectivity index (χ0v) is 20.5. The Balaban J connectivity index is 2.09. The van der Waals surface area contributed by atoms with Crippen LogP contribution in [0.4, 0.5) is 4.79 Å². The van der Waals surface area contributed by atoms with Crippen LogP contribution in [0.2, 0.25) is 0 Å². The third-order valence-electron chi connectivity index (χ3n) is 6.57. The van der Waals surface area contributed by atoms with Gasteiger partial charge < -0.3 is 9.84 Å². The van der Waals surface area contributed by atoms with Crippen molar-refractivity contribution in [2.45, 2.75) is 77.9 Å². The summed E-state index contributed by atoms with van der Waals surface area (Å²) in [5.74, 6) is -2.78. The van der Waals surface area contributed by atoms with E-state index >= 15 is 0 Å². The molecule has 33 heavy (non-hydrogen) atoms. The molecule has 1 aromatic rings. The summed E-state index contributed by atoms with van der Waals surface area (Å²) < 4.78 is 5.41. The van der Waals surface area contributed by atoms with Crippen molar-refractivity contribution < 1.29 is 28.7 Å². The van der Waals surface area contributed by atoms with Crippen LogP contribution in [0.3, 0.4) is 0 Å². The minimum absolute atomic E-state index is 0.101. The molecule has 0 radical (unpaired) electrons. The highest BCUT2D eigenvalue weighted by Gasteiger charge is 2.50. The molecular weight excluding hydrogens is 420 g/mol. The lowest BCUT2D eigenvalue weighted by molar-refractivity contribution is -0.758. The van der Waals surface area contributed by atoms with Crippen molar-refractivity contribution in [1.29, 1.82) is 0 Å². The van der Waals surface area contributed by atoms with Gasteiger partial charge in [0.05, 0.1) is 32.8 Å². The van der Waals surface area contributed by atoms with Crippen LogP contribution in [0.25, 0.3) is 0 Å². The number of unbranched alkanes of at least 4 members (excludes halogenated alkanes) is 3. The number of carboxylic acids is 1. The molecule has 184 valence electrons. The van der Waals surface area contributed by atoms with E-state index in [4.69, 9.17) is 4.74 Å². The van der Waals surface area contributed by atoms with E-state index in [9.17, 15) is 19.5 Å². The van der Waals surface area contributed by atoms with E-state index in [-0.39, 0.29) is 18.5 Å². The van der Waals surface area contributed by atoms with Crippen molar-refractivity contribution in [3.8, 4) is 0 Å². The Morgan fingerprint density at radius 3 is 2.48 bits per heavy atom. The molecule has 0 bridgehead atoms. The fraction of sp³-hybridized carbons (Fsp3) is 0.654. The van der Waals surface area contributed by atoms with Crippen LogP contribution in [-0.4, -0.2) is 65.2 Å². The number of carbonyl (C=O) groups is 3. The van der Waals surface area contributed by atoms with E-state index in [1.165, 1.54) is 0 Å². The molecule has 1 heterocycles. The standard InChI is InChI=1S/C26H40N2O5/c1-4-6-7-11-16-23(25(30)31)24(29)28(3,18-5-2)26(32)27-17-12-15-22(27)20-33-19-21-13-9-8-10-14-21/h8-10,13-14,22-23H,4-7,11-12,15-20H2,1-3H3/p+1/t22-,23+,28-/m0/s1. The third kappa shape index (κ3) is 7.37. The molecule has 3 atom stereocenters. The van der Waals surface area contributed by atoms with Crippen molar-refractivity contribution in [3.63, 3.8) is 0 Å². The van der Waals surface area contributed by atoms with Crippen LogP contribution in [0, 0.1) is 5.92 Å².